The Morgan fingerprint density at radius 2 is 1.75 bits per heavy atom. The number of halogens is 6. The lowest BCUT2D eigenvalue weighted by atomic mass is 10.1. The smallest absolute Gasteiger partial charge is 0.257 e. The molecule has 0 saturated heterocycles. The monoisotopic (exact) mass is 568 g/mol. The third kappa shape index (κ3) is 4.93. The molecule has 12 heteroatoms. The van der Waals surface area contributed by atoms with E-state index in [-0.39, 0.29) is 22.0 Å². The van der Waals surface area contributed by atoms with Crippen LogP contribution in [0, 0.1) is 28.9 Å². The highest BCUT2D eigenvalue weighted by Gasteiger charge is 2.67. The summed E-state index contributed by atoms with van der Waals surface area (Å²) < 4.78 is 26.1. The Hall–Kier alpha value is -3.09. The zero-order valence-corrected chi connectivity index (χ0v) is 20.9. The van der Waals surface area contributed by atoms with Crippen LogP contribution in [0.4, 0.5) is 25.8 Å². The minimum atomic E-state index is -1.45. The molecule has 6 nitrogen and oxygen atoms in total. The van der Waals surface area contributed by atoms with Gasteiger partial charge in [0.25, 0.3) is 5.91 Å². The van der Waals surface area contributed by atoms with E-state index in [0.29, 0.717) is 16.1 Å². The van der Waals surface area contributed by atoms with E-state index in [1.807, 2.05) is 6.07 Å². The minimum absolute atomic E-state index is 0.0114. The van der Waals surface area contributed by atoms with Gasteiger partial charge in [0.1, 0.15) is 15.8 Å². The highest BCUT2D eigenvalue weighted by molar-refractivity contribution is 6.53. The number of carbonyl (C=O) groups is 2. The van der Waals surface area contributed by atoms with Crippen molar-refractivity contribution in [3.63, 3.8) is 0 Å². The van der Waals surface area contributed by atoms with Crippen molar-refractivity contribution in [1.29, 1.82) is 5.26 Å². The van der Waals surface area contributed by atoms with Gasteiger partial charge in [-0.1, -0.05) is 23.2 Å². The number of hydrogen-bond acceptors (Lipinski definition) is 4. The number of alkyl halides is 2. The van der Waals surface area contributed by atoms with Gasteiger partial charge in [-0.05, 0) is 54.1 Å². The molecule has 3 aromatic carbocycles. The third-order valence-electron chi connectivity index (χ3n) is 5.60. The van der Waals surface area contributed by atoms with Crippen molar-refractivity contribution in [2.24, 2.45) is 5.92 Å². The molecule has 4 rings (SSSR count). The molecule has 1 aliphatic carbocycles. The van der Waals surface area contributed by atoms with Gasteiger partial charge in [-0.2, -0.15) is 5.26 Å². The Kier molecular flexibility index (Phi) is 7.04. The summed E-state index contributed by atoms with van der Waals surface area (Å²) in [7, 11) is 0. The molecule has 1 fully saturated rings. The van der Waals surface area contributed by atoms with E-state index >= 15 is 0 Å². The van der Waals surface area contributed by atoms with Crippen LogP contribution in [-0.2, 0) is 4.79 Å². The van der Waals surface area contributed by atoms with E-state index < -0.39 is 45.3 Å². The first-order valence-corrected chi connectivity index (χ1v) is 11.7. The van der Waals surface area contributed by atoms with Crippen LogP contribution in [0.5, 0.6) is 0 Å². The lowest BCUT2D eigenvalue weighted by Crippen LogP contribution is -2.18. The number of nitrogens with zero attached hydrogens (tertiary/aromatic N) is 1. The van der Waals surface area contributed by atoms with E-state index in [1.165, 1.54) is 24.3 Å². The van der Waals surface area contributed by atoms with Crippen molar-refractivity contribution in [2.45, 2.75) is 10.3 Å². The number of benzene rings is 3. The first-order chi connectivity index (χ1) is 16.9. The number of nitrogen functional groups attached to an aromatic ring is 1. The number of nitrogens with two attached hydrogens (primary N) is 1. The van der Waals surface area contributed by atoms with Crippen LogP contribution in [0.1, 0.15) is 27.4 Å². The Balaban J connectivity index is 1.53. The minimum Gasteiger partial charge on any atom is -0.394 e. The molecule has 2 atom stereocenters. The van der Waals surface area contributed by atoms with E-state index in [9.17, 15) is 23.6 Å². The molecule has 0 aromatic heterocycles. The van der Waals surface area contributed by atoms with Gasteiger partial charge in [0.05, 0.1) is 33.8 Å². The molecule has 4 N–H and O–H groups in total. The summed E-state index contributed by atoms with van der Waals surface area (Å²) in [5.41, 5.74) is 5.14. The maximum Gasteiger partial charge on any atom is 0.257 e. The van der Waals surface area contributed by atoms with Gasteiger partial charge in [-0.3, -0.25) is 9.59 Å². The van der Waals surface area contributed by atoms with Gasteiger partial charge in [0, 0.05) is 16.6 Å². The number of nitrogens with one attached hydrogen (secondary N) is 2. The van der Waals surface area contributed by atoms with Crippen LogP contribution >= 0.6 is 46.4 Å². The van der Waals surface area contributed by atoms with Gasteiger partial charge in [-0.25, -0.2) is 8.78 Å². The van der Waals surface area contributed by atoms with Crippen molar-refractivity contribution in [1.82, 2.24) is 0 Å². The zero-order chi connectivity index (χ0) is 26.4. The highest BCUT2D eigenvalue weighted by atomic mass is 35.5. The fraction of sp³-hybridized carbons (Fsp3) is 0.125. The summed E-state index contributed by atoms with van der Waals surface area (Å²) in [5.74, 6) is -4.98. The molecule has 2 amide bonds. The molecular formula is C24H14Cl4F2N4O2. The fourth-order valence-corrected chi connectivity index (χ4v) is 5.05. The zero-order valence-electron chi connectivity index (χ0n) is 17.9. The van der Waals surface area contributed by atoms with Crippen LogP contribution in [0.2, 0.25) is 10.0 Å². The molecule has 3 aromatic rings. The normalized spacial score (nSPS) is 17.7. The van der Waals surface area contributed by atoms with Crippen molar-refractivity contribution in [3.05, 3.63) is 86.9 Å². The molecule has 1 aliphatic rings. The lowest BCUT2D eigenvalue weighted by molar-refractivity contribution is -0.117. The standard InChI is InChI=1S/C24H14Cl4F2N4O2/c25-12-6-10(9-31)5-11(7-12)18-19(24(18,27)28)23(36)33-13-1-2-15(26)14(8-13)22(35)34-17-4-3-16(29)21(32)20(17)30/h1-8,18-19H,32H2,(H,33,36)(H,34,35)/t18-,19+/m0/s1. The van der Waals surface area contributed by atoms with Gasteiger partial charge < -0.3 is 16.4 Å². The summed E-state index contributed by atoms with van der Waals surface area (Å²) in [5, 5.41) is 14.4. The molecule has 184 valence electrons. The molecule has 0 unspecified atom stereocenters. The van der Waals surface area contributed by atoms with E-state index in [4.69, 9.17) is 52.1 Å². The molecule has 1 saturated carbocycles. The number of carbonyl (C=O) groups excluding carboxylic acids is 2. The second-order valence-electron chi connectivity index (χ2n) is 7.98. The Bertz CT molecular complexity index is 1460. The van der Waals surface area contributed by atoms with Crippen LogP contribution < -0.4 is 16.4 Å². The molecule has 0 aliphatic heterocycles. The van der Waals surface area contributed by atoms with Gasteiger partial charge in [0.2, 0.25) is 5.91 Å². The van der Waals surface area contributed by atoms with E-state index in [1.54, 1.807) is 12.1 Å². The van der Waals surface area contributed by atoms with E-state index in [0.717, 1.165) is 12.1 Å². The number of rotatable bonds is 5. The Morgan fingerprint density at radius 3 is 2.44 bits per heavy atom. The first kappa shape index (κ1) is 26.0. The van der Waals surface area contributed by atoms with Crippen LogP contribution in [-0.4, -0.2) is 16.1 Å². The van der Waals surface area contributed by atoms with Gasteiger partial charge >= 0.3 is 0 Å². The van der Waals surface area contributed by atoms with Crippen LogP contribution in [0.3, 0.4) is 0 Å². The molecular weight excluding hydrogens is 556 g/mol. The summed E-state index contributed by atoms with van der Waals surface area (Å²) in [4.78, 5) is 25.7. The highest BCUT2D eigenvalue weighted by Crippen LogP contribution is 2.65. The summed E-state index contributed by atoms with van der Waals surface area (Å²) in [6.45, 7) is 0. The van der Waals surface area contributed by atoms with Crippen molar-refractivity contribution in [3.8, 4) is 6.07 Å². The SMILES string of the molecule is N#Cc1cc(Cl)cc([C@H]2[C@H](C(=O)Nc3ccc(Cl)c(C(=O)Nc4ccc(F)c(N)c4F)c3)C2(Cl)Cl)c1. The molecule has 0 bridgehead atoms. The average Bonchev–Trinajstić information content (AvgIpc) is 3.42. The topological polar surface area (TPSA) is 108 Å². The largest absolute Gasteiger partial charge is 0.394 e. The predicted octanol–water partition coefficient (Wildman–Crippen LogP) is 6.50. The quantitative estimate of drug-likeness (QED) is 0.240. The second kappa shape index (κ2) is 9.75. The van der Waals surface area contributed by atoms with Crippen LogP contribution in [0.25, 0.3) is 0 Å². The predicted molar refractivity (Wildman–Crippen MR) is 136 cm³/mol. The number of nitriles is 1. The van der Waals surface area contributed by atoms with Gasteiger partial charge in [0.15, 0.2) is 5.82 Å². The van der Waals surface area contributed by atoms with Crippen molar-refractivity contribution < 1.29 is 18.4 Å². The second-order valence-corrected chi connectivity index (χ2v) is 10.3. The fourth-order valence-electron chi connectivity index (χ4n) is 3.78. The van der Waals surface area contributed by atoms with E-state index in [2.05, 4.69) is 10.6 Å². The van der Waals surface area contributed by atoms with Crippen LogP contribution in [0.15, 0.2) is 48.5 Å². The maximum absolute atomic E-state index is 14.2. The number of anilines is 3. The summed E-state index contributed by atoms with van der Waals surface area (Å²) in [6, 6.07) is 12.6. The lowest BCUT2D eigenvalue weighted by Gasteiger charge is -2.11. The number of amides is 2. The summed E-state index contributed by atoms with van der Waals surface area (Å²) >= 11 is 24.9. The Labute approximate surface area is 223 Å². The van der Waals surface area contributed by atoms with Crippen molar-refractivity contribution >= 4 is 75.3 Å². The average molecular weight is 570 g/mol. The molecule has 36 heavy (non-hydrogen) atoms. The first-order valence-electron chi connectivity index (χ1n) is 10.2. The Morgan fingerprint density at radius 1 is 1.03 bits per heavy atom. The third-order valence-corrected chi connectivity index (χ3v) is 7.09. The van der Waals surface area contributed by atoms with Gasteiger partial charge in [-0.15, -0.1) is 23.2 Å². The molecule has 0 spiro atoms. The molecule has 0 radical (unpaired) electrons. The maximum atomic E-state index is 14.2. The molecule has 0 heterocycles. The number of hydrogen-bond donors (Lipinski definition) is 3. The summed E-state index contributed by atoms with van der Waals surface area (Å²) in [6.07, 6.45) is 0. The van der Waals surface area contributed by atoms with Crippen molar-refractivity contribution in [2.75, 3.05) is 16.4 Å².